The summed E-state index contributed by atoms with van der Waals surface area (Å²) in [5.41, 5.74) is 2.79. The standard InChI is InChI=1S/C17H22N2OS/c1-12-15(13(2)20)16(21-19-12)18-17(3,4)11-10-14-8-6-5-7-9-14/h5-9,18H,10-11H2,1-4H3. The molecule has 0 bridgehead atoms. The summed E-state index contributed by atoms with van der Waals surface area (Å²) in [7, 11) is 0. The van der Waals surface area contributed by atoms with Gasteiger partial charge in [-0.15, -0.1) is 0 Å². The Bertz CT molecular complexity index is 617. The average molecular weight is 302 g/mol. The number of ketones is 1. The minimum atomic E-state index is -0.0843. The summed E-state index contributed by atoms with van der Waals surface area (Å²) in [6, 6.07) is 10.5. The number of aromatic nitrogens is 1. The second kappa shape index (κ2) is 6.39. The van der Waals surface area contributed by atoms with Crippen molar-refractivity contribution in [3.8, 4) is 0 Å². The van der Waals surface area contributed by atoms with Gasteiger partial charge in [-0.2, -0.15) is 4.37 Å². The summed E-state index contributed by atoms with van der Waals surface area (Å²) in [6.07, 6.45) is 2.00. The van der Waals surface area contributed by atoms with Gasteiger partial charge in [-0.1, -0.05) is 30.3 Å². The number of Topliss-reactive ketones (excluding diaryl/α,β-unsaturated/α-hetero) is 1. The van der Waals surface area contributed by atoms with Crippen molar-refractivity contribution in [2.24, 2.45) is 0 Å². The van der Waals surface area contributed by atoms with Gasteiger partial charge in [-0.05, 0) is 57.6 Å². The number of anilines is 1. The molecule has 1 heterocycles. The molecule has 0 amide bonds. The summed E-state index contributed by atoms with van der Waals surface area (Å²) >= 11 is 1.37. The second-order valence-electron chi connectivity index (χ2n) is 6.02. The lowest BCUT2D eigenvalue weighted by Crippen LogP contribution is -2.31. The fourth-order valence-corrected chi connectivity index (χ4v) is 3.37. The summed E-state index contributed by atoms with van der Waals surface area (Å²) < 4.78 is 4.30. The summed E-state index contributed by atoms with van der Waals surface area (Å²) in [5.74, 6) is 0.0719. The number of hydrogen-bond acceptors (Lipinski definition) is 4. The molecule has 0 aliphatic carbocycles. The molecule has 1 N–H and O–H groups in total. The second-order valence-corrected chi connectivity index (χ2v) is 6.80. The third-order valence-electron chi connectivity index (χ3n) is 3.55. The molecule has 2 rings (SSSR count). The predicted octanol–water partition coefficient (Wildman–Crippen LogP) is 4.48. The van der Waals surface area contributed by atoms with Gasteiger partial charge in [0.1, 0.15) is 5.00 Å². The predicted molar refractivity (Wildman–Crippen MR) is 89.3 cm³/mol. The third kappa shape index (κ3) is 4.14. The van der Waals surface area contributed by atoms with Crippen LogP contribution in [0.25, 0.3) is 0 Å². The summed E-state index contributed by atoms with van der Waals surface area (Å²) in [4.78, 5) is 11.7. The highest BCUT2D eigenvalue weighted by atomic mass is 32.1. The molecule has 3 nitrogen and oxygen atoms in total. The molecule has 0 atom stereocenters. The van der Waals surface area contributed by atoms with Crippen molar-refractivity contribution in [1.82, 2.24) is 4.37 Å². The molecule has 0 unspecified atom stereocenters. The number of rotatable bonds is 6. The summed E-state index contributed by atoms with van der Waals surface area (Å²) in [6.45, 7) is 7.80. The van der Waals surface area contributed by atoms with Crippen LogP contribution in [-0.2, 0) is 6.42 Å². The maximum Gasteiger partial charge on any atom is 0.164 e. The lowest BCUT2D eigenvalue weighted by atomic mass is 9.95. The zero-order valence-electron chi connectivity index (χ0n) is 13.1. The SMILES string of the molecule is CC(=O)c1c(C)nsc1NC(C)(C)CCc1ccccc1. The number of nitrogens with zero attached hydrogens (tertiary/aromatic N) is 1. The minimum absolute atomic E-state index is 0.0719. The Kier molecular flexibility index (Phi) is 4.78. The Morgan fingerprint density at radius 3 is 2.57 bits per heavy atom. The number of hydrogen-bond donors (Lipinski definition) is 1. The average Bonchev–Trinajstić information content (AvgIpc) is 2.78. The molecule has 4 heteroatoms. The smallest absolute Gasteiger partial charge is 0.164 e. The van der Waals surface area contributed by atoms with E-state index in [-0.39, 0.29) is 11.3 Å². The van der Waals surface area contributed by atoms with Crippen molar-refractivity contribution in [2.45, 2.75) is 46.1 Å². The van der Waals surface area contributed by atoms with E-state index in [9.17, 15) is 4.79 Å². The van der Waals surface area contributed by atoms with Gasteiger partial charge < -0.3 is 5.32 Å². The molecule has 1 aromatic carbocycles. The van der Waals surface area contributed by atoms with E-state index in [2.05, 4.69) is 47.8 Å². The Morgan fingerprint density at radius 1 is 1.29 bits per heavy atom. The lowest BCUT2D eigenvalue weighted by Gasteiger charge is -2.27. The fourth-order valence-electron chi connectivity index (χ4n) is 2.34. The van der Waals surface area contributed by atoms with Crippen LogP contribution in [0.15, 0.2) is 30.3 Å². The highest BCUT2D eigenvalue weighted by Crippen LogP contribution is 2.29. The van der Waals surface area contributed by atoms with Crippen LogP contribution in [0.2, 0.25) is 0 Å². The first-order valence-corrected chi connectivity index (χ1v) is 7.96. The van der Waals surface area contributed by atoms with Gasteiger partial charge in [0.05, 0.1) is 11.3 Å². The number of carbonyl (C=O) groups excluding carboxylic acids is 1. The maximum absolute atomic E-state index is 11.7. The first-order valence-electron chi connectivity index (χ1n) is 7.18. The normalized spacial score (nSPS) is 11.4. The van der Waals surface area contributed by atoms with E-state index < -0.39 is 0 Å². The molecule has 0 aliphatic heterocycles. The Hall–Kier alpha value is -1.68. The Labute approximate surface area is 130 Å². The molecule has 0 radical (unpaired) electrons. The van der Waals surface area contributed by atoms with Crippen molar-refractivity contribution in [3.63, 3.8) is 0 Å². The van der Waals surface area contributed by atoms with Gasteiger partial charge >= 0.3 is 0 Å². The molecular formula is C17H22N2OS. The van der Waals surface area contributed by atoms with E-state index in [4.69, 9.17) is 0 Å². The van der Waals surface area contributed by atoms with Crippen LogP contribution in [0.4, 0.5) is 5.00 Å². The number of aryl methyl sites for hydroxylation is 2. The largest absolute Gasteiger partial charge is 0.370 e. The van der Waals surface area contributed by atoms with Crippen LogP contribution >= 0.6 is 11.5 Å². The summed E-state index contributed by atoms with van der Waals surface area (Å²) in [5, 5.41) is 4.38. The molecule has 1 aromatic heterocycles. The van der Waals surface area contributed by atoms with Crippen molar-refractivity contribution in [1.29, 1.82) is 0 Å². The third-order valence-corrected chi connectivity index (χ3v) is 4.40. The molecular weight excluding hydrogens is 280 g/mol. The molecule has 112 valence electrons. The maximum atomic E-state index is 11.7. The Morgan fingerprint density at radius 2 is 1.95 bits per heavy atom. The van der Waals surface area contributed by atoms with Gasteiger partial charge in [0, 0.05) is 5.54 Å². The van der Waals surface area contributed by atoms with Crippen LogP contribution in [0.1, 0.15) is 48.8 Å². The number of nitrogens with one attached hydrogen (secondary N) is 1. The molecule has 0 saturated carbocycles. The first-order chi connectivity index (χ1) is 9.89. The van der Waals surface area contributed by atoms with E-state index in [1.807, 2.05) is 13.0 Å². The Balaban J connectivity index is 2.05. The quantitative estimate of drug-likeness (QED) is 0.800. The van der Waals surface area contributed by atoms with Gasteiger partial charge in [-0.25, -0.2) is 0 Å². The fraction of sp³-hybridized carbons (Fsp3) is 0.412. The highest BCUT2D eigenvalue weighted by Gasteiger charge is 2.22. The monoisotopic (exact) mass is 302 g/mol. The zero-order chi connectivity index (χ0) is 15.5. The molecule has 21 heavy (non-hydrogen) atoms. The van der Waals surface area contributed by atoms with Crippen LogP contribution in [0.5, 0.6) is 0 Å². The van der Waals surface area contributed by atoms with Crippen LogP contribution in [-0.4, -0.2) is 15.7 Å². The topological polar surface area (TPSA) is 42.0 Å². The number of benzene rings is 1. The van der Waals surface area contributed by atoms with Crippen molar-refractivity contribution >= 4 is 22.3 Å². The van der Waals surface area contributed by atoms with E-state index in [0.717, 1.165) is 29.1 Å². The molecule has 0 saturated heterocycles. The molecule has 2 aromatic rings. The minimum Gasteiger partial charge on any atom is -0.370 e. The lowest BCUT2D eigenvalue weighted by molar-refractivity contribution is 0.101. The molecule has 0 fully saturated rings. The van der Waals surface area contributed by atoms with Gasteiger partial charge in [0.2, 0.25) is 0 Å². The van der Waals surface area contributed by atoms with Crippen molar-refractivity contribution < 1.29 is 4.79 Å². The van der Waals surface area contributed by atoms with Crippen LogP contribution in [0, 0.1) is 6.92 Å². The van der Waals surface area contributed by atoms with E-state index in [1.165, 1.54) is 17.1 Å². The van der Waals surface area contributed by atoms with Crippen LogP contribution in [0.3, 0.4) is 0 Å². The van der Waals surface area contributed by atoms with Crippen molar-refractivity contribution in [3.05, 3.63) is 47.2 Å². The van der Waals surface area contributed by atoms with E-state index >= 15 is 0 Å². The van der Waals surface area contributed by atoms with Crippen molar-refractivity contribution in [2.75, 3.05) is 5.32 Å². The van der Waals surface area contributed by atoms with E-state index in [0.29, 0.717) is 0 Å². The van der Waals surface area contributed by atoms with Gasteiger partial charge in [-0.3, -0.25) is 4.79 Å². The van der Waals surface area contributed by atoms with E-state index in [1.54, 1.807) is 6.92 Å². The van der Waals surface area contributed by atoms with Gasteiger partial charge in [0.15, 0.2) is 5.78 Å². The zero-order valence-corrected chi connectivity index (χ0v) is 13.9. The number of carbonyl (C=O) groups is 1. The molecule has 0 aliphatic rings. The van der Waals surface area contributed by atoms with Crippen LogP contribution < -0.4 is 5.32 Å². The highest BCUT2D eigenvalue weighted by molar-refractivity contribution is 7.10. The first kappa shape index (κ1) is 15.7. The molecule has 0 spiro atoms. The van der Waals surface area contributed by atoms with Gasteiger partial charge in [0.25, 0.3) is 0 Å².